The second kappa shape index (κ2) is 10.8. The molecule has 0 fully saturated rings. The summed E-state index contributed by atoms with van der Waals surface area (Å²) in [7, 11) is 1.36. The van der Waals surface area contributed by atoms with Gasteiger partial charge in [0.05, 0.1) is 7.11 Å². The molecule has 0 radical (unpaired) electrons. The lowest BCUT2D eigenvalue weighted by atomic mass is 10.0. The number of aromatic nitrogens is 2. The second-order valence-corrected chi connectivity index (χ2v) is 6.26. The monoisotopic (exact) mass is 384 g/mol. The summed E-state index contributed by atoms with van der Waals surface area (Å²) in [4.78, 5) is 23.1. The van der Waals surface area contributed by atoms with Crippen molar-refractivity contribution < 1.29 is 14.3 Å². The third-order valence-corrected chi connectivity index (χ3v) is 4.24. The number of amides is 1. The van der Waals surface area contributed by atoms with Crippen molar-refractivity contribution >= 4 is 40.8 Å². The van der Waals surface area contributed by atoms with E-state index in [0.717, 1.165) is 10.6 Å². The van der Waals surface area contributed by atoms with E-state index < -0.39 is 0 Å². The van der Waals surface area contributed by atoms with Crippen molar-refractivity contribution in [3.05, 3.63) is 40.9 Å². The van der Waals surface area contributed by atoms with Gasteiger partial charge in [-0.2, -0.15) is 0 Å². The van der Waals surface area contributed by atoms with E-state index in [1.54, 1.807) is 0 Å². The number of esters is 1. The van der Waals surface area contributed by atoms with Crippen molar-refractivity contribution in [1.82, 2.24) is 10.2 Å². The fraction of sp³-hybridized carbons (Fsp3) is 0.375. The summed E-state index contributed by atoms with van der Waals surface area (Å²) < 4.78 is 4.58. The molecule has 1 unspecified atom stereocenters. The van der Waals surface area contributed by atoms with Gasteiger partial charge in [-0.3, -0.25) is 9.59 Å². The number of halogens is 1. The molecule has 25 heavy (non-hydrogen) atoms. The highest BCUT2D eigenvalue weighted by atomic mass is 35.5. The van der Waals surface area contributed by atoms with E-state index in [9.17, 15) is 9.59 Å². The zero-order valence-electron chi connectivity index (χ0n) is 13.8. The van der Waals surface area contributed by atoms with E-state index in [4.69, 9.17) is 5.73 Å². The quantitative estimate of drug-likeness (QED) is 0.677. The molecular formula is C16H21ClN4O3S. The molecule has 2 aromatic rings. The molecular weight excluding hydrogens is 364 g/mol. The van der Waals surface area contributed by atoms with Crippen LogP contribution in [0, 0.1) is 0 Å². The van der Waals surface area contributed by atoms with E-state index in [2.05, 4.69) is 20.3 Å². The number of carbonyl (C=O) groups excluding carboxylic acids is 2. The first-order valence-corrected chi connectivity index (χ1v) is 8.39. The molecule has 1 aromatic carbocycles. The van der Waals surface area contributed by atoms with Crippen LogP contribution in [0.5, 0.6) is 0 Å². The molecule has 0 aliphatic rings. The Hall–Kier alpha value is -2.03. The number of aryl methyl sites for hydroxylation is 1. The van der Waals surface area contributed by atoms with Crippen LogP contribution in [0.15, 0.2) is 30.3 Å². The molecule has 1 amide bonds. The molecule has 3 N–H and O–H groups in total. The van der Waals surface area contributed by atoms with Crippen LogP contribution in [0.2, 0.25) is 0 Å². The molecule has 9 heteroatoms. The van der Waals surface area contributed by atoms with E-state index in [1.807, 2.05) is 30.3 Å². The smallest absolute Gasteiger partial charge is 0.305 e. The molecule has 0 aliphatic carbocycles. The maximum Gasteiger partial charge on any atom is 0.305 e. The number of ether oxygens (including phenoxy) is 1. The van der Waals surface area contributed by atoms with Gasteiger partial charge in [0.15, 0.2) is 0 Å². The highest BCUT2D eigenvalue weighted by molar-refractivity contribution is 7.15. The van der Waals surface area contributed by atoms with Crippen molar-refractivity contribution in [3.63, 3.8) is 0 Å². The third kappa shape index (κ3) is 7.16. The summed E-state index contributed by atoms with van der Waals surface area (Å²) >= 11 is 1.30. The number of anilines is 1. The molecule has 136 valence electrons. The van der Waals surface area contributed by atoms with Crippen molar-refractivity contribution in [2.75, 3.05) is 12.4 Å². The summed E-state index contributed by atoms with van der Waals surface area (Å²) in [6.07, 6.45) is 1.76. The zero-order valence-corrected chi connectivity index (χ0v) is 15.4. The topological polar surface area (TPSA) is 107 Å². The Bertz CT molecular complexity index is 681. The summed E-state index contributed by atoms with van der Waals surface area (Å²) in [6, 6.07) is 9.10. The first kappa shape index (κ1) is 21.0. The van der Waals surface area contributed by atoms with Gasteiger partial charge in [0.2, 0.25) is 11.0 Å². The molecule has 1 aromatic heterocycles. The Balaban J connectivity index is 0.00000312. The fourth-order valence-electron chi connectivity index (χ4n) is 2.08. The number of carbonyl (C=O) groups is 2. The number of methoxy groups -OCH3 is 1. The minimum atomic E-state index is -0.362. The largest absolute Gasteiger partial charge is 0.469 e. The molecule has 0 saturated carbocycles. The standard InChI is InChI=1S/C16H20N4O3S.ClH/c1-23-15(22)9-5-8-14-19-20-16(24-14)18-13(21)10-12(17)11-6-3-2-4-7-11;/h2-4,6-7,12H,5,8-10,17H2,1H3,(H,18,20,21);1H. The Morgan fingerprint density at radius 3 is 2.68 bits per heavy atom. The van der Waals surface area contributed by atoms with Gasteiger partial charge in [-0.25, -0.2) is 0 Å². The molecule has 0 spiro atoms. The number of nitrogens with two attached hydrogens (primary N) is 1. The molecule has 2 rings (SSSR count). The second-order valence-electron chi connectivity index (χ2n) is 5.20. The number of hydrogen-bond acceptors (Lipinski definition) is 7. The Kier molecular flexibility index (Phi) is 9.04. The molecule has 1 atom stereocenters. The summed E-state index contributed by atoms with van der Waals surface area (Å²) in [5, 5.41) is 11.8. The first-order valence-electron chi connectivity index (χ1n) is 7.58. The van der Waals surface area contributed by atoms with E-state index in [-0.39, 0.29) is 36.7 Å². The maximum atomic E-state index is 12.0. The van der Waals surface area contributed by atoms with Gasteiger partial charge in [-0.1, -0.05) is 41.7 Å². The summed E-state index contributed by atoms with van der Waals surface area (Å²) in [5.74, 6) is -0.452. The number of rotatable bonds is 8. The lowest BCUT2D eigenvalue weighted by molar-refractivity contribution is -0.140. The van der Waals surface area contributed by atoms with Crippen molar-refractivity contribution in [2.24, 2.45) is 5.73 Å². The Morgan fingerprint density at radius 2 is 2.00 bits per heavy atom. The minimum absolute atomic E-state index is 0. The van der Waals surface area contributed by atoms with Crippen LogP contribution < -0.4 is 11.1 Å². The Labute approximate surface area is 156 Å². The predicted octanol–water partition coefficient (Wildman–Crippen LogP) is 2.48. The fourth-order valence-corrected chi connectivity index (χ4v) is 2.88. The zero-order chi connectivity index (χ0) is 17.4. The van der Waals surface area contributed by atoms with Gasteiger partial charge in [0, 0.05) is 25.3 Å². The normalized spacial score (nSPS) is 11.3. The molecule has 0 bridgehead atoms. The van der Waals surface area contributed by atoms with Crippen LogP contribution in [0.4, 0.5) is 5.13 Å². The van der Waals surface area contributed by atoms with E-state index >= 15 is 0 Å². The van der Waals surface area contributed by atoms with Gasteiger partial charge >= 0.3 is 5.97 Å². The SMILES string of the molecule is COC(=O)CCCc1nnc(NC(=O)CC(N)c2ccccc2)s1.Cl. The molecule has 1 heterocycles. The van der Waals surface area contributed by atoms with E-state index in [0.29, 0.717) is 24.4 Å². The molecule has 0 aliphatic heterocycles. The maximum absolute atomic E-state index is 12.0. The van der Waals surface area contributed by atoms with Gasteiger partial charge in [-0.05, 0) is 12.0 Å². The van der Waals surface area contributed by atoms with Gasteiger partial charge in [0.1, 0.15) is 5.01 Å². The van der Waals surface area contributed by atoms with Crippen LogP contribution in [-0.2, 0) is 20.7 Å². The lowest BCUT2D eigenvalue weighted by Crippen LogP contribution is -2.20. The number of nitrogens with one attached hydrogen (secondary N) is 1. The third-order valence-electron chi connectivity index (χ3n) is 3.35. The van der Waals surface area contributed by atoms with Crippen LogP contribution in [-0.4, -0.2) is 29.2 Å². The summed E-state index contributed by atoms with van der Waals surface area (Å²) in [5.41, 5.74) is 6.94. The van der Waals surface area contributed by atoms with Gasteiger partial charge in [-0.15, -0.1) is 22.6 Å². The van der Waals surface area contributed by atoms with Crippen molar-refractivity contribution in [2.45, 2.75) is 31.7 Å². The summed E-state index contributed by atoms with van der Waals surface area (Å²) in [6.45, 7) is 0. The van der Waals surface area contributed by atoms with E-state index in [1.165, 1.54) is 18.4 Å². The van der Waals surface area contributed by atoms with Gasteiger partial charge in [0.25, 0.3) is 0 Å². The van der Waals surface area contributed by atoms with Crippen LogP contribution >= 0.6 is 23.7 Å². The average molecular weight is 385 g/mol. The highest BCUT2D eigenvalue weighted by Crippen LogP contribution is 2.19. The van der Waals surface area contributed by atoms with Crippen molar-refractivity contribution in [3.8, 4) is 0 Å². The average Bonchev–Trinajstić information content (AvgIpc) is 3.02. The van der Waals surface area contributed by atoms with Crippen molar-refractivity contribution in [1.29, 1.82) is 0 Å². The first-order chi connectivity index (χ1) is 11.6. The molecule has 0 saturated heterocycles. The van der Waals surface area contributed by atoms with Crippen LogP contribution in [0.1, 0.15) is 35.9 Å². The van der Waals surface area contributed by atoms with Crippen LogP contribution in [0.25, 0.3) is 0 Å². The highest BCUT2D eigenvalue weighted by Gasteiger charge is 2.14. The predicted molar refractivity (Wildman–Crippen MR) is 98.7 cm³/mol. The lowest BCUT2D eigenvalue weighted by Gasteiger charge is -2.10. The van der Waals surface area contributed by atoms with Gasteiger partial charge < -0.3 is 15.8 Å². The van der Waals surface area contributed by atoms with Crippen LogP contribution in [0.3, 0.4) is 0 Å². The number of hydrogen-bond donors (Lipinski definition) is 2. The minimum Gasteiger partial charge on any atom is -0.469 e. The molecule has 7 nitrogen and oxygen atoms in total. The number of nitrogens with zero attached hydrogens (tertiary/aromatic N) is 2. The number of benzene rings is 1. The Morgan fingerprint density at radius 1 is 1.28 bits per heavy atom.